The van der Waals surface area contributed by atoms with Crippen molar-refractivity contribution in [3.63, 3.8) is 0 Å². The van der Waals surface area contributed by atoms with Crippen molar-refractivity contribution in [1.29, 1.82) is 5.26 Å². The lowest BCUT2D eigenvalue weighted by atomic mass is 10.1. The van der Waals surface area contributed by atoms with Crippen molar-refractivity contribution in [2.45, 2.75) is 13.8 Å². The van der Waals surface area contributed by atoms with E-state index in [4.69, 9.17) is 9.97 Å². The van der Waals surface area contributed by atoms with Crippen molar-refractivity contribution < 1.29 is 0 Å². The third kappa shape index (κ3) is 4.58. The number of fused-ring (bicyclic) bond motifs is 9. The zero-order chi connectivity index (χ0) is 36.8. The van der Waals surface area contributed by atoms with Crippen molar-refractivity contribution in [1.82, 2.24) is 28.7 Å². The number of para-hydroxylation sites is 4. The van der Waals surface area contributed by atoms with Crippen LogP contribution in [0, 0.1) is 25.2 Å². The lowest BCUT2D eigenvalue weighted by Crippen LogP contribution is -2.02. The number of benzene rings is 7. The highest BCUT2D eigenvalue weighted by molar-refractivity contribution is 6.13. The molecule has 11 rings (SSSR count). The molecule has 55 heavy (non-hydrogen) atoms. The standard InChI is InChI=1S/C48H31N7/c1-29-50-30(2)52-48(51-29)31-19-20-32(28-49)45(25-31)55-46-26-33(53-41-15-7-3-11-35(41)36-12-4-8-16-42(36)53)21-23-39(46)40-24-22-34(27-47(40)55)54-43-17-9-5-13-37(43)38-14-6-10-18-44(38)54/h3-27H,1-2H3. The van der Waals surface area contributed by atoms with E-state index >= 15 is 0 Å². The topological polar surface area (TPSA) is 77.2 Å². The van der Waals surface area contributed by atoms with Crippen LogP contribution in [0.25, 0.3) is 93.9 Å². The Morgan fingerprint density at radius 3 is 1.27 bits per heavy atom. The second-order valence-electron chi connectivity index (χ2n) is 14.1. The number of aromatic nitrogens is 6. The predicted octanol–water partition coefficient (Wildman–Crippen LogP) is 11.3. The fourth-order valence-electron chi connectivity index (χ4n) is 8.63. The van der Waals surface area contributed by atoms with Crippen molar-refractivity contribution in [3.8, 4) is 34.5 Å². The van der Waals surface area contributed by atoms with Gasteiger partial charge in [-0.1, -0.05) is 84.9 Å². The molecule has 7 nitrogen and oxygen atoms in total. The Balaban J connectivity index is 1.25. The van der Waals surface area contributed by atoms with Crippen LogP contribution in [-0.2, 0) is 0 Å². The van der Waals surface area contributed by atoms with Gasteiger partial charge in [0, 0.05) is 49.3 Å². The highest BCUT2D eigenvalue weighted by Crippen LogP contribution is 2.40. The van der Waals surface area contributed by atoms with Gasteiger partial charge >= 0.3 is 0 Å². The van der Waals surface area contributed by atoms with E-state index < -0.39 is 0 Å². The van der Waals surface area contributed by atoms with Crippen LogP contribution in [0.4, 0.5) is 0 Å². The molecule has 0 amide bonds. The first-order valence-electron chi connectivity index (χ1n) is 18.4. The lowest BCUT2D eigenvalue weighted by Gasteiger charge is -2.14. The van der Waals surface area contributed by atoms with Crippen LogP contribution in [0.3, 0.4) is 0 Å². The Morgan fingerprint density at radius 2 is 0.836 bits per heavy atom. The molecule has 0 atom stereocenters. The molecule has 7 heteroatoms. The zero-order valence-corrected chi connectivity index (χ0v) is 30.1. The summed E-state index contributed by atoms with van der Waals surface area (Å²) >= 11 is 0. The third-order valence-electron chi connectivity index (χ3n) is 10.9. The fraction of sp³-hybridized carbons (Fsp3) is 0.0417. The number of hydrogen-bond donors (Lipinski definition) is 0. The van der Waals surface area contributed by atoms with Gasteiger partial charge in [0.05, 0.1) is 44.4 Å². The Bertz CT molecular complexity index is 3130. The molecular weight excluding hydrogens is 675 g/mol. The van der Waals surface area contributed by atoms with E-state index in [1.807, 2.05) is 32.0 Å². The maximum absolute atomic E-state index is 10.7. The summed E-state index contributed by atoms with van der Waals surface area (Å²) in [5, 5.41) is 17.7. The maximum atomic E-state index is 10.7. The average molecular weight is 706 g/mol. The van der Waals surface area contributed by atoms with E-state index in [0.717, 1.165) is 66.5 Å². The maximum Gasteiger partial charge on any atom is 0.163 e. The molecule has 0 aliphatic carbocycles. The number of aryl methyl sites for hydroxylation is 2. The first-order valence-corrected chi connectivity index (χ1v) is 18.4. The monoisotopic (exact) mass is 705 g/mol. The molecule has 0 aliphatic heterocycles. The Morgan fingerprint density at radius 1 is 0.418 bits per heavy atom. The van der Waals surface area contributed by atoms with Crippen molar-refractivity contribution in [3.05, 3.63) is 169 Å². The largest absolute Gasteiger partial charge is 0.309 e. The van der Waals surface area contributed by atoms with Crippen LogP contribution < -0.4 is 0 Å². The summed E-state index contributed by atoms with van der Waals surface area (Å²) in [5.74, 6) is 1.88. The molecule has 7 aromatic carbocycles. The van der Waals surface area contributed by atoms with E-state index in [1.54, 1.807) is 0 Å². The second-order valence-corrected chi connectivity index (χ2v) is 14.1. The Labute approximate surface area is 315 Å². The summed E-state index contributed by atoms with van der Waals surface area (Å²) in [7, 11) is 0. The Kier molecular flexibility index (Phi) is 6.61. The van der Waals surface area contributed by atoms with Gasteiger partial charge < -0.3 is 13.7 Å². The van der Waals surface area contributed by atoms with Gasteiger partial charge in [-0.2, -0.15) is 5.26 Å². The van der Waals surface area contributed by atoms with Gasteiger partial charge in [0.25, 0.3) is 0 Å². The Hall–Kier alpha value is -7.56. The van der Waals surface area contributed by atoms with Crippen molar-refractivity contribution in [2.75, 3.05) is 0 Å². The quantitative estimate of drug-likeness (QED) is 0.183. The number of rotatable bonds is 4. The van der Waals surface area contributed by atoms with Crippen LogP contribution in [0.2, 0.25) is 0 Å². The normalized spacial score (nSPS) is 11.8. The minimum absolute atomic E-state index is 0.551. The van der Waals surface area contributed by atoms with Gasteiger partial charge in [0.2, 0.25) is 0 Å². The molecule has 0 fully saturated rings. The van der Waals surface area contributed by atoms with E-state index in [-0.39, 0.29) is 0 Å². The van der Waals surface area contributed by atoms with Gasteiger partial charge in [-0.25, -0.2) is 15.0 Å². The fourth-order valence-corrected chi connectivity index (χ4v) is 8.63. The molecule has 0 unspecified atom stereocenters. The number of nitriles is 1. The molecule has 4 heterocycles. The third-order valence-corrected chi connectivity index (χ3v) is 10.9. The first-order chi connectivity index (χ1) is 27.1. The summed E-state index contributed by atoms with van der Waals surface area (Å²) in [6, 6.07) is 56.0. The molecule has 258 valence electrons. The second kappa shape index (κ2) is 11.7. The summed E-state index contributed by atoms with van der Waals surface area (Å²) in [6.45, 7) is 3.75. The highest BCUT2D eigenvalue weighted by atomic mass is 15.0. The minimum atomic E-state index is 0.551. The van der Waals surface area contributed by atoms with Crippen molar-refractivity contribution in [2.24, 2.45) is 0 Å². The average Bonchev–Trinajstić information content (AvgIpc) is 3.85. The van der Waals surface area contributed by atoms with Gasteiger partial charge in [-0.15, -0.1) is 0 Å². The van der Waals surface area contributed by atoms with E-state index in [0.29, 0.717) is 23.0 Å². The molecule has 0 bridgehead atoms. The van der Waals surface area contributed by atoms with Gasteiger partial charge in [-0.05, 0) is 80.6 Å². The van der Waals surface area contributed by atoms with Gasteiger partial charge in [0.15, 0.2) is 5.82 Å². The highest BCUT2D eigenvalue weighted by Gasteiger charge is 2.21. The van der Waals surface area contributed by atoms with Crippen LogP contribution in [0.1, 0.15) is 17.2 Å². The van der Waals surface area contributed by atoms with Gasteiger partial charge in [0.1, 0.15) is 17.7 Å². The molecule has 0 saturated heterocycles. The summed E-state index contributed by atoms with van der Waals surface area (Å²) < 4.78 is 6.93. The van der Waals surface area contributed by atoms with Crippen LogP contribution in [-0.4, -0.2) is 28.7 Å². The summed E-state index contributed by atoms with van der Waals surface area (Å²) in [5.41, 5.74) is 10.7. The SMILES string of the molecule is Cc1nc(C)nc(-c2ccc(C#N)c(-n3c4cc(-n5c6ccccc6c6ccccc65)ccc4c4ccc(-n5c6ccccc6c6ccccc65)cc43)c2)n1. The lowest BCUT2D eigenvalue weighted by molar-refractivity contribution is 0.928. The van der Waals surface area contributed by atoms with Crippen LogP contribution >= 0.6 is 0 Å². The van der Waals surface area contributed by atoms with Gasteiger partial charge in [-0.3, -0.25) is 0 Å². The molecule has 11 aromatic rings. The van der Waals surface area contributed by atoms with Crippen LogP contribution in [0.5, 0.6) is 0 Å². The first kappa shape index (κ1) is 31.0. The summed E-state index contributed by atoms with van der Waals surface area (Å²) in [4.78, 5) is 13.8. The summed E-state index contributed by atoms with van der Waals surface area (Å²) in [6.07, 6.45) is 0. The molecule has 0 saturated carbocycles. The smallest absolute Gasteiger partial charge is 0.163 e. The molecule has 0 spiro atoms. The molecule has 0 N–H and O–H groups in total. The molecule has 0 radical (unpaired) electrons. The van der Waals surface area contributed by atoms with Crippen LogP contribution in [0.15, 0.2) is 152 Å². The predicted molar refractivity (Wildman–Crippen MR) is 222 cm³/mol. The number of hydrogen-bond acceptors (Lipinski definition) is 4. The number of nitrogens with zero attached hydrogens (tertiary/aromatic N) is 7. The van der Waals surface area contributed by atoms with E-state index in [2.05, 4.69) is 158 Å². The molecule has 4 aromatic heterocycles. The molecule has 0 aliphatic rings. The zero-order valence-electron chi connectivity index (χ0n) is 30.1. The van der Waals surface area contributed by atoms with Crippen molar-refractivity contribution >= 4 is 65.4 Å². The van der Waals surface area contributed by atoms with E-state index in [9.17, 15) is 5.26 Å². The van der Waals surface area contributed by atoms with E-state index in [1.165, 1.54) is 21.5 Å². The minimum Gasteiger partial charge on any atom is -0.309 e. The molecular formula is C48H31N7.